The highest BCUT2D eigenvalue weighted by atomic mass is 16.5. The van der Waals surface area contributed by atoms with E-state index in [-0.39, 0.29) is 6.61 Å². The zero-order valence-electron chi connectivity index (χ0n) is 14.2. The number of amides is 1. The SMILES string of the molecule is Cc1cc(C2=N[C@@H](C(=O)NO)CO2)cc(C)c1OCc1ccccc1. The lowest BCUT2D eigenvalue weighted by atomic mass is 10.1. The maximum Gasteiger partial charge on any atom is 0.271 e. The van der Waals surface area contributed by atoms with Crippen LogP contribution in [0.3, 0.4) is 0 Å². The molecule has 0 spiro atoms. The van der Waals surface area contributed by atoms with Gasteiger partial charge in [0, 0.05) is 5.56 Å². The molecule has 0 saturated heterocycles. The van der Waals surface area contributed by atoms with Crippen molar-refractivity contribution >= 4 is 11.8 Å². The summed E-state index contributed by atoms with van der Waals surface area (Å²) in [4.78, 5) is 15.6. The van der Waals surface area contributed by atoms with Gasteiger partial charge in [-0.15, -0.1) is 0 Å². The molecule has 1 aliphatic rings. The minimum absolute atomic E-state index is 0.117. The van der Waals surface area contributed by atoms with E-state index in [4.69, 9.17) is 14.7 Å². The third kappa shape index (κ3) is 3.80. The van der Waals surface area contributed by atoms with Crippen molar-refractivity contribution in [2.24, 2.45) is 4.99 Å². The van der Waals surface area contributed by atoms with E-state index >= 15 is 0 Å². The Kier molecular flexibility index (Phi) is 5.00. The van der Waals surface area contributed by atoms with Gasteiger partial charge in [0.1, 0.15) is 19.0 Å². The molecule has 0 radical (unpaired) electrons. The highest BCUT2D eigenvalue weighted by Crippen LogP contribution is 2.27. The Morgan fingerprint density at radius 3 is 2.60 bits per heavy atom. The maximum absolute atomic E-state index is 11.4. The number of nitrogens with zero attached hydrogens (tertiary/aromatic N) is 1. The molecule has 0 saturated carbocycles. The molecule has 2 N–H and O–H groups in total. The van der Waals surface area contributed by atoms with Crippen molar-refractivity contribution in [3.05, 3.63) is 64.7 Å². The van der Waals surface area contributed by atoms with Crippen molar-refractivity contribution < 1.29 is 19.5 Å². The van der Waals surface area contributed by atoms with Crippen LogP contribution < -0.4 is 10.2 Å². The summed E-state index contributed by atoms with van der Waals surface area (Å²) < 4.78 is 11.5. The van der Waals surface area contributed by atoms with Gasteiger partial charge in [-0.2, -0.15) is 0 Å². The Bertz CT molecular complexity index is 779. The first-order valence-corrected chi connectivity index (χ1v) is 8.01. The van der Waals surface area contributed by atoms with Crippen molar-refractivity contribution in [2.75, 3.05) is 6.61 Å². The molecule has 6 nitrogen and oxygen atoms in total. The van der Waals surface area contributed by atoms with Crippen LogP contribution in [0, 0.1) is 13.8 Å². The lowest BCUT2D eigenvalue weighted by Crippen LogP contribution is -2.31. The molecule has 0 fully saturated rings. The number of aryl methyl sites for hydroxylation is 2. The van der Waals surface area contributed by atoms with Crippen molar-refractivity contribution in [3.63, 3.8) is 0 Å². The normalized spacial score (nSPS) is 16.1. The minimum Gasteiger partial charge on any atom is -0.488 e. The van der Waals surface area contributed by atoms with Crippen LogP contribution in [0.2, 0.25) is 0 Å². The molecule has 0 unspecified atom stereocenters. The summed E-state index contributed by atoms with van der Waals surface area (Å²) in [5, 5.41) is 8.69. The van der Waals surface area contributed by atoms with Crippen LogP contribution >= 0.6 is 0 Å². The van der Waals surface area contributed by atoms with Gasteiger partial charge in [0.2, 0.25) is 5.90 Å². The van der Waals surface area contributed by atoms with E-state index in [0.29, 0.717) is 12.5 Å². The Hall–Kier alpha value is -2.86. The Balaban J connectivity index is 1.77. The van der Waals surface area contributed by atoms with Crippen molar-refractivity contribution in [1.82, 2.24) is 5.48 Å². The number of hydroxylamine groups is 1. The molecule has 130 valence electrons. The molecule has 25 heavy (non-hydrogen) atoms. The highest BCUT2D eigenvalue weighted by molar-refractivity contribution is 5.98. The standard InChI is InChI=1S/C19H20N2O4/c1-12-8-15(19-20-16(11-25-19)18(22)21-23)9-13(2)17(12)24-10-14-6-4-3-5-7-14/h3-9,16,23H,10-11H2,1-2H3,(H,21,22)/t16-/m1/s1. The van der Waals surface area contributed by atoms with E-state index in [9.17, 15) is 4.79 Å². The first-order valence-electron chi connectivity index (χ1n) is 8.01. The fourth-order valence-corrected chi connectivity index (χ4v) is 2.77. The molecule has 1 atom stereocenters. The summed E-state index contributed by atoms with van der Waals surface area (Å²) in [6.07, 6.45) is 0. The molecular formula is C19H20N2O4. The van der Waals surface area contributed by atoms with Gasteiger partial charge in [-0.25, -0.2) is 10.5 Å². The molecule has 0 aromatic heterocycles. The lowest BCUT2D eigenvalue weighted by Gasteiger charge is -2.14. The van der Waals surface area contributed by atoms with E-state index in [1.807, 2.05) is 56.3 Å². The van der Waals surface area contributed by atoms with Gasteiger partial charge in [0.15, 0.2) is 6.04 Å². The number of rotatable bonds is 5. The molecule has 6 heteroatoms. The van der Waals surface area contributed by atoms with Crippen LogP contribution in [0.1, 0.15) is 22.3 Å². The number of carbonyl (C=O) groups excluding carboxylic acids is 1. The Morgan fingerprint density at radius 1 is 1.28 bits per heavy atom. The van der Waals surface area contributed by atoms with Gasteiger partial charge in [0.25, 0.3) is 5.91 Å². The molecular weight excluding hydrogens is 320 g/mol. The fourth-order valence-electron chi connectivity index (χ4n) is 2.77. The zero-order valence-corrected chi connectivity index (χ0v) is 14.2. The maximum atomic E-state index is 11.4. The first-order chi connectivity index (χ1) is 12.1. The van der Waals surface area contributed by atoms with E-state index < -0.39 is 11.9 Å². The van der Waals surface area contributed by atoms with Gasteiger partial charge >= 0.3 is 0 Å². The van der Waals surface area contributed by atoms with E-state index in [1.165, 1.54) is 0 Å². The molecule has 0 aliphatic carbocycles. The van der Waals surface area contributed by atoms with Gasteiger partial charge in [-0.3, -0.25) is 10.0 Å². The summed E-state index contributed by atoms with van der Waals surface area (Å²) in [6, 6.07) is 13.1. The van der Waals surface area contributed by atoms with Crippen LogP contribution in [0.15, 0.2) is 47.5 Å². The molecule has 2 aromatic rings. The summed E-state index contributed by atoms with van der Waals surface area (Å²) in [6.45, 7) is 4.54. The van der Waals surface area contributed by atoms with Gasteiger partial charge in [-0.1, -0.05) is 30.3 Å². The largest absolute Gasteiger partial charge is 0.488 e. The fraction of sp³-hybridized carbons (Fsp3) is 0.263. The summed E-state index contributed by atoms with van der Waals surface area (Å²) in [7, 11) is 0. The number of aliphatic imine (C=N–C) groups is 1. The number of hydrogen-bond acceptors (Lipinski definition) is 5. The van der Waals surface area contributed by atoms with Gasteiger partial charge in [-0.05, 0) is 42.7 Å². The third-order valence-electron chi connectivity index (χ3n) is 4.00. The molecule has 1 heterocycles. The van der Waals surface area contributed by atoms with Crippen molar-refractivity contribution in [2.45, 2.75) is 26.5 Å². The quantitative estimate of drug-likeness (QED) is 0.647. The summed E-state index contributed by atoms with van der Waals surface area (Å²) in [5.41, 5.74) is 5.42. The number of benzene rings is 2. The predicted molar refractivity (Wildman–Crippen MR) is 92.9 cm³/mol. The zero-order chi connectivity index (χ0) is 17.8. The van der Waals surface area contributed by atoms with Crippen LogP contribution in [0.4, 0.5) is 0 Å². The topological polar surface area (TPSA) is 80.2 Å². The average molecular weight is 340 g/mol. The monoisotopic (exact) mass is 340 g/mol. The smallest absolute Gasteiger partial charge is 0.271 e. The van der Waals surface area contributed by atoms with E-state index in [2.05, 4.69) is 4.99 Å². The van der Waals surface area contributed by atoms with Crippen LogP contribution in [-0.4, -0.2) is 29.7 Å². The highest BCUT2D eigenvalue weighted by Gasteiger charge is 2.26. The average Bonchev–Trinajstić information content (AvgIpc) is 3.11. The molecule has 3 rings (SSSR count). The minimum atomic E-state index is -0.727. The molecule has 0 bridgehead atoms. The van der Waals surface area contributed by atoms with Gasteiger partial charge < -0.3 is 9.47 Å². The second kappa shape index (κ2) is 7.36. The molecule has 1 amide bonds. The van der Waals surface area contributed by atoms with E-state index in [0.717, 1.165) is 28.0 Å². The predicted octanol–water partition coefficient (Wildman–Crippen LogP) is 2.53. The Morgan fingerprint density at radius 2 is 1.96 bits per heavy atom. The number of ether oxygens (including phenoxy) is 2. The van der Waals surface area contributed by atoms with Gasteiger partial charge in [0.05, 0.1) is 0 Å². The first kappa shape index (κ1) is 17.0. The number of nitrogens with one attached hydrogen (secondary N) is 1. The van der Waals surface area contributed by atoms with E-state index in [1.54, 1.807) is 5.48 Å². The van der Waals surface area contributed by atoms with Crippen molar-refractivity contribution in [1.29, 1.82) is 0 Å². The second-order valence-electron chi connectivity index (χ2n) is 5.95. The van der Waals surface area contributed by atoms with Crippen LogP contribution in [0.5, 0.6) is 5.75 Å². The molecule has 2 aromatic carbocycles. The summed E-state index contributed by atoms with van der Waals surface area (Å²) >= 11 is 0. The third-order valence-corrected chi connectivity index (χ3v) is 4.00. The summed E-state index contributed by atoms with van der Waals surface area (Å²) in [5.74, 6) is 0.650. The lowest BCUT2D eigenvalue weighted by molar-refractivity contribution is -0.130. The second-order valence-corrected chi connectivity index (χ2v) is 5.95. The molecule has 1 aliphatic heterocycles. The van der Waals surface area contributed by atoms with Crippen LogP contribution in [0.25, 0.3) is 0 Å². The Labute approximate surface area is 146 Å². The number of hydrogen-bond donors (Lipinski definition) is 2. The van der Waals surface area contributed by atoms with Crippen LogP contribution in [-0.2, 0) is 16.1 Å². The number of carbonyl (C=O) groups is 1. The van der Waals surface area contributed by atoms with Crippen molar-refractivity contribution in [3.8, 4) is 5.75 Å².